The standard InChI is InChI=1S/C23H48N2O3S.HI/c1-5-6-7-8-9-10-11-12-13-14-15-16-21-29(27,28)22-18-23(26)24-19-17-20-25(2,3)4;/h5-22H2,1-4H3;1H. The fourth-order valence-electron chi connectivity index (χ4n) is 3.38. The van der Waals surface area contributed by atoms with E-state index in [1.54, 1.807) is 0 Å². The minimum absolute atomic E-state index is 0. The summed E-state index contributed by atoms with van der Waals surface area (Å²) in [6.07, 6.45) is 15.7. The van der Waals surface area contributed by atoms with Crippen LogP contribution in [0.25, 0.3) is 0 Å². The van der Waals surface area contributed by atoms with Crippen molar-refractivity contribution in [3.8, 4) is 0 Å². The molecule has 0 heterocycles. The van der Waals surface area contributed by atoms with Crippen LogP contribution in [0.3, 0.4) is 0 Å². The fourth-order valence-corrected chi connectivity index (χ4v) is 4.73. The minimum atomic E-state index is -3.11. The molecular weight excluding hydrogens is 511 g/mol. The summed E-state index contributed by atoms with van der Waals surface area (Å²) in [4.78, 5) is 11.8. The number of amides is 1. The van der Waals surface area contributed by atoms with Crippen LogP contribution in [0.1, 0.15) is 96.8 Å². The van der Waals surface area contributed by atoms with E-state index in [0.29, 0.717) is 6.54 Å². The molecule has 0 aliphatic heterocycles. The molecule has 0 fully saturated rings. The molecule has 0 aromatic heterocycles. The fraction of sp³-hybridized carbons (Fsp3) is 0.957. The average Bonchev–Trinajstić information content (AvgIpc) is 2.64. The number of carbonyl (C=O) groups excluding carboxylic acids is 1. The largest absolute Gasteiger partial charge is 1.00 e. The maximum atomic E-state index is 12.1. The van der Waals surface area contributed by atoms with Crippen molar-refractivity contribution in [1.82, 2.24) is 5.32 Å². The molecule has 182 valence electrons. The molecule has 0 rings (SSSR count). The highest BCUT2D eigenvalue weighted by Crippen LogP contribution is 2.12. The molecule has 0 aromatic rings. The maximum Gasteiger partial charge on any atom is 0.221 e. The van der Waals surface area contributed by atoms with E-state index in [-0.39, 0.29) is 47.8 Å². The zero-order valence-corrected chi connectivity index (χ0v) is 23.2. The third-order valence-corrected chi connectivity index (χ3v) is 7.01. The summed E-state index contributed by atoms with van der Waals surface area (Å²) in [5.41, 5.74) is 0. The molecule has 0 saturated heterocycles. The summed E-state index contributed by atoms with van der Waals surface area (Å²) in [5.74, 6) is 0.0514. The Hall–Kier alpha value is 0.110. The SMILES string of the molecule is CCCCCCCCCCCCCCS(=O)(=O)CCC(=O)NCCC[N+](C)(C)C.[I-]. The molecule has 1 N–H and O–H groups in total. The summed E-state index contributed by atoms with van der Waals surface area (Å²) < 4.78 is 25.1. The second-order valence-electron chi connectivity index (χ2n) is 9.51. The second-order valence-corrected chi connectivity index (χ2v) is 11.8. The summed E-state index contributed by atoms with van der Waals surface area (Å²) in [5, 5.41) is 2.83. The van der Waals surface area contributed by atoms with E-state index in [1.807, 2.05) is 0 Å². The van der Waals surface area contributed by atoms with Crippen molar-refractivity contribution in [3.63, 3.8) is 0 Å². The number of quaternary nitrogens is 1. The van der Waals surface area contributed by atoms with Crippen LogP contribution >= 0.6 is 0 Å². The van der Waals surface area contributed by atoms with Crippen molar-refractivity contribution in [2.75, 3.05) is 45.7 Å². The van der Waals surface area contributed by atoms with Crippen molar-refractivity contribution in [2.45, 2.75) is 96.8 Å². The van der Waals surface area contributed by atoms with Gasteiger partial charge in [0, 0.05) is 19.4 Å². The van der Waals surface area contributed by atoms with E-state index >= 15 is 0 Å². The number of nitrogens with one attached hydrogen (secondary N) is 1. The molecule has 0 atom stereocenters. The van der Waals surface area contributed by atoms with Gasteiger partial charge in [-0.2, -0.15) is 0 Å². The normalized spacial score (nSPS) is 11.9. The highest BCUT2D eigenvalue weighted by atomic mass is 127. The quantitative estimate of drug-likeness (QED) is 0.140. The molecule has 1 amide bonds. The topological polar surface area (TPSA) is 63.2 Å². The lowest BCUT2D eigenvalue weighted by atomic mass is 10.1. The Labute approximate surface area is 204 Å². The average molecular weight is 561 g/mol. The summed E-state index contributed by atoms with van der Waals surface area (Å²) in [6, 6.07) is 0. The lowest BCUT2D eigenvalue weighted by Crippen LogP contribution is -3.00. The number of unbranched alkanes of at least 4 members (excludes halogenated alkanes) is 11. The molecule has 7 heteroatoms. The summed E-state index contributed by atoms with van der Waals surface area (Å²) >= 11 is 0. The summed E-state index contributed by atoms with van der Waals surface area (Å²) in [7, 11) is 3.24. The lowest BCUT2D eigenvalue weighted by Gasteiger charge is -2.23. The zero-order chi connectivity index (χ0) is 22.0. The molecule has 0 spiro atoms. The van der Waals surface area contributed by atoms with Crippen LogP contribution in [0.2, 0.25) is 0 Å². The van der Waals surface area contributed by atoms with Gasteiger partial charge in [-0.1, -0.05) is 77.6 Å². The van der Waals surface area contributed by atoms with Crippen molar-refractivity contribution in [1.29, 1.82) is 0 Å². The van der Waals surface area contributed by atoms with Gasteiger partial charge in [0.15, 0.2) is 9.84 Å². The Balaban J connectivity index is 0. The second kappa shape index (κ2) is 19.8. The molecular formula is C23H49IN2O3S. The number of rotatable bonds is 20. The predicted octanol–water partition coefficient (Wildman–Crippen LogP) is 1.71. The smallest absolute Gasteiger partial charge is 0.221 e. The monoisotopic (exact) mass is 560 g/mol. The third-order valence-electron chi connectivity index (χ3n) is 5.28. The van der Waals surface area contributed by atoms with Crippen LogP contribution in [-0.4, -0.2) is 64.5 Å². The first-order chi connectivity index (χ1) is 13.7. The van der Waals surface area contributed by atoms with E-state index in [1.165, 1.54) is 57.8 Å². The number of carbonyl (C=O) groups is 1. The van der Waals surface area contributed by atoms with Gasteiger partial charge >= 0.3 is 0 Å². The third kappa shape index (κ3) is 24.4. The summed E-state index contributed by atoms with van der Waals surface area (Å²) in [6.45, 7) is 3.85. The van der Waals surface area contributed by atoms with Crippen molar-refractivity contribution >= 4 is 15.7 Å². The lowest BCUT2D eigenvalue weighted by molar-refractivity contribution is -0.870. The van der Waals surface area contributed by atoms with Crippen LogP contribution in [0.5, 0.6) is 0 Å². The first kappa shape index (κ1) is 32.3. The number of hydrogen-bond donors (Lipinski definition) is 1. The molecule has 5 nitrogen and oxygen atoms in total. The van der Waals surface area contributed by atoms with Crippen molar-refractivity contribution in [3.05, 3.63) is 0 Å². The van der Waals surface area contributed by atoms with Crippen LogP contribution < -0.4 is 29.3 Å². The molecule has 0 unspecified atom stereocenters. The van der Waals surface area contributed by atoms with Crippen molar-refractivity contribution < 1.29 is 41.7 Å². The minimum Gasteiger partial charge on any atom is -1.00 e. The highest BCUT2D eigenvalue weighted by molar-refractivity contribution is 7.91. The van der Waals surface area contributed by atoms with Crippen LogP contribution in [0.4, 0.5) is 0 Å². The number of hydrogen-bond acceptors (Lipinski definition) is 3. The first-order valence-corrected chi connectivity index (χ1v) is 13.8. The van der Waals surface area contributed by atoms with Gasteiger partial charge in [0.2, 0.25) is 5.91 Å². The van der Waals surface area contributed by atoms with Gasteiger partial charge in [-0.05, 0) is 6.42 Å². The Morgan fingerprint density at radius 3 is 1.67 bits per heavy atom. The van der Waals surface area contributed by atoms with Gasteiger partial charge in [-0.3, -0.25) is 4.79 Å². The van der Waals surface area contributed by atoms with Gasteiger partial charge in [0.1, 0.15) is 0 Å². The molecule has 0 saturated carbocycles. The predicted molar refractivity (Wildman–Crippen MR) is 125 cm³/mol. The Morgan fingerprint density at radius 2 is 1.20 bits per heavy atom. The number of sulfone groups is 1. The Kier molecular flexibility index (Phi) is 21.3. The van der Waals surface area contributed by atoms with E-state index in [2.05, 4.69) is 33.4 Å². The molecule has 0 bridgehead atoms. The van der Waals surface area contributed by atoms with Gasteiger partial charge in [-0.25, -0.2) is 8.42 Å². The zero-order valence-electron chi connectivity index (χ0n) is 20.2. The molecule has 30 heavy (non-hydrogen) atoms. The van der Waals surface area contributed by atoms with Gasteiger partial charge in [0.05, 0.1) is 39.2 Å². The molecule has 0 aromatic carbocycles. The van der Waals surface area contributed by atoms with Crippen molar-refractivity contribution in [2.24, 2.45) is 0 Å². The van der Waals surface area contributed by atoms with E-state index in [0.717, 1.165) is 36.7 Å². The Bertz CT molecular complexity index is 505. The van der Waals surface area contributed by atoms with Crippen LogP contribution in [0.15, 0.2) is 0 Å². The maximum absolute atomic E-state index is 12.1. The highest BCUT2D eigenvalue weighted by Gasteiger charge is 2.13. The van der Waals surface area contributed by atoms with Gasteiger partial charge < -0.3 is 33.8 Å². The first-order valence-electron chi connectivity index (χ1n) is 11.9. The van der Waals surface area contributed by atoms with Crippen LogP contribution in [0, 0.1) is 0 Å². The molecule has 0 aliphatic rings. The van der Waals surface area contributed by atoms with Crippen LogP contribution in [-0.2, 0) is 14.6 Å². The van der Waals surface area contributed by atoms with Gasteiger partial charge in [0.25, 0.3) is 0 Å². The molecule has 0 radical (unpaired) electrons. The van der Waals surface area contributed by atoms with E-state index in [4.69, 9.17) is 0 Å². The van der Waals surface area contributed by atoms with Gasteiger partial charge in [-0.15, -0.1) is 0 Å². The number of nitrogens with zero attached hydrogens (tertiary/aromatic N) is 1. The van der Waals surface area contributed by atoms with E-state index in [9.17, 15) is 13.2 Å². The number of halogens is 1. The Morgan fingerprint density at radius 1 is 0.733 bits per heavy atom. The molecule has 0 aliphatic carbocycles. The van der Waals surface area contributed by atoms with E-state index < -0.39 is 9.84 Å².